The minimum atomic E-state index is -4.30. The summed E-state index contributed by atoms with van der Waals surface area (Å²) >= 11 is 0. The molecule has 1 radical (unpaired) electrons. The van der Waals surface area contributed by atoms with Gasteiger partial charge in [-0.2, -0.15) is 8.42 Å². The Balaban J connectivity index is 3.60. The van der Waals surface area contributed by atoms with Gasteiger partial charge in [-0.25, -0.2) is 4.39 Å². The van der Waals surface area contributed by atoms with E-state index in [0.29, 0.717) is 0 Å². The molecule has 0 bridgehead atoms. The minimum Gasteiger partial charge on any atom is -0.250 e. The van der Waals surface area contributed by atoms with Crippen LogP contribution in [-0.2, 0) is 14.7 Å². The predicted octanol–water partition coefficient (Wildman–Crippen LogP) is -0.284. The van der Waals surface area contributed by atoms with Crippen LogP contribution in [0.15, 0.2) is 0 Å². The Labute approximate surface area is 40.9 Å². The summed E-state index contributed by atoms with van der Waals surface area (Å²) in [6, 6.07) is 0. The van der Waals surface area contributed by atoms with E-state index in [-0.39, 0.29) is 0 Å². The van der Waals surface area contributed by atoms with E-state index >= 15 is 0 Å². The summed E-state index contributed by atoms with van der Waals surface area (Å²) in [7, 11) is -4.30. The molecular formula is C2H4FO3S. The van der Waals surface area contributed by atoms with Crippen molar-refractivity contribution in [1.29, 1.82) is 0 Å². The van der Waals surface area contributed by atoms with Crippen LogP contribution in [-0.4, -0.2) is 20.8 Å². The van der Waals surface area contributed by atoms with Gasteiger partial charge in [-0.05, 0) is 0 Å². The molecule has 0 fully saturated rings. The molecule has 7 heavy (non-hydrogen) atoms. The average Bonchev–Trinajstić information content (AvgIpc) is 1.30. The first-order valence-corrected chi connectivity index (χ1v) is 3.13. The average molecular weight is 127 g/mol. The molecule has 0 aromatic heterocycles. The zero-order valence-corrected chi connectivity index (χ0v) is 4.24. The van der Waals surface area contributed by atoms with Crippen molar-refractivity contribution in [3.8, 4) is 0 Å². The maximum absolute atomic E-state index is 10.9. The van der Waals surface area contributed by atoms with Gasteiger partial charge in [0.2, 0.25) is 0 Å². The van der Waals surface area contributed by atoms with Crippen LogP contribution in [0.1, 0.15) is 0 Å². The van der Waals surface area contributed by atoms with E-state index in [2.05, 4.69) is 0 Å². The second-order valence-corrected chi connectivity index (χ2v) is 2.47. The molecule has 0 spiro atoms. The van der Waals surface area contributed by atoms with E-state index in [1.54, 1.807) is 0 Å². The Morgan fingerprint density at radius 3 is 1.86 bits per heavy atom. The minimum absolute atomic E-state index is 0.910. The van der Waals surface area contributed by atoms with Gasteiger partial charge in [-0.1, -0.05) is 4.55 Å². The fraction of sp³-hybridized carbons (Fsp3) is 1.00. The van der Waals surface area contributed by atoms with Crippen molar-refractivity contribution < 1.29 is 17.4 Å². The summed E-state index contributed by atoms with van der Waals surface area (Å²) in [5.41, 5.74) is 0. The Morgan fingerprint density at radius 2 is 1.86 bits per heavy atom. The molecule has 0 saturated heterocycles. The van der Waals surface area contributed by atoms with Gasteiger partial charge >= 0.3 is 0 Å². The summed E-state index contributed by atoms with van der Waals surface area (Å²) < 4.78 is 39.2. The second-order valence-electron chi connectivity index (χ2n) is 0.951. The van der Waals surface area contributed by atoms with E-state index < -0.39 is 22.5 Å². The molecule has 0 aromatic carbocycles. The summed E-state index contributed by atoms with van der Waals surface area (Å²) in [5.74, 6) is -0.910. The smallest absolute Gasteiger partial charge is 0.250 e. The van der Waals surface area contributed by atoms with Crippen molar-refractivity contribution in [2.75, 3.05) is 12.4 Å². The third-order valence-electron chi connectivity index (χ3n) is 0.327. The molecule has 0 aliphatic rings. The Kier molecular flexibility index (Phi) is 2.17. The summed E-state index contributed by atoms with van der Waals surface area (Å²) in [5, 5.41) is 0. The van der Waals surface area contributed by atoms with Gasteiger partial charge in [0, 0.05) is 0 Å². The summed E-state index contributed by atoms with van der Waals surface area (Å²) in [6.07, 6.45) is 0. The molecular weight excluding hydrogens is 123 g/mol. The van der Waals surface area contributed by atoms with Crippen molar-refractivity contribution in [2.45, 2.75) is 0 Å². The SMILES string of the molecule is [O]S(=O)(=O)CCF. The predicted molar refractivity (Wildman–Crippen MR) is 20.4 cm³/mol. The number of alkyl halides is 1. The maximum Gasteiger partial charge on any atom is 0.297 e. The van der Waals surface area contributed by atoms with Crippen LogP contribution in [0.4, 0.5) is 4.39 Å². The van der Waals surface area contributed by atoms with Crippen LogP contribution >= 0.6 is 0 Å². The van der Waals surface area contributed by atoms with Gasteiger partial charge in [0.15, 0.2) is 0 Å². The molecule has 0 aromatic rings. The summed E-state index contributed by atoms with van der Waals surface area (Å²) in [6.45, 7) is -1.09. The van der Waals surface area contributed by atoms with Gasteiger partial charge in [0.05, 0.1) is 0 Å². The van der Waals surface area contributed by atoms with Crippen LogP contribution < -0.4 is 0 Å². The number of hydrogen-bond acceptors (Lipinski definition) is 2. The third kappa shape index (κ3) is 5.84. The van der Waals surface area contributed by atoms with E-state index in [9.17, 15) is 17.4 Å². The molecule has 0 rings (SSSR count). The van der Waals surface area contributed by atoms with Crippen LogP contribution in [0.25, 0.3) is 0 Å². The molecule has 43 valence electrons. The van der Waals surface area contributed by atoms with E-state index in [0.717, 1.165) is 0 Å². The van der Waals surface area contributed by atoms with Gasteiger partial charge in [-0.3, -0.25) is 0 Å². The highest BCUT2D eigenvalue weighted by molar-refractivity contribution is 7.85. The van der Waals surface area contributed by atoms with Gasteiger partial charge < -0.3 is 0 Å². The fourth-order valence-corrected chi connectivity index (χ4v) is 0.283. The van der Waals surface area contributed by atoms with Crippen LogP contribution in [0, 0.1) is 0 Å². The fourth-order valence-electron chi connectivity index (χ4n) is 0.0945. The highest BCUT2D eigenvalue weighted by atomic mass is 32.2. The van der Waals surface area contributed by atoms with Gasteiger partial charge in [-0.15, -0.1) is 0 Å². The van der Waals surface area contributed by atoms with Crippen LogP contribution in [0.5, 0.6) is 0 Å². The first kappa shape index (κ1) is 6.84. The van der Waals surface area contributed by atoms with Crippen LogP contribution in [0.2, 0.25) is 0 Å². The number of hydrogen-bond donors (Lipinski definition) is 0. The zero-order chi connectivity index (χ0) is 5.91. The van der Waals surface area contributed by atoms with E-state index in [1.165, 1.54) is 0 Å². The highest BCUT2D eigenvalue weighted by Crippen LogP contribution is 1.81. The lowest BCUT2D eigenvalue weighted by molar-refractivity contribution is 0.404. The molecule has 0 heterocycles. The molecule has 0 aliphatic carbocycles. The highest BCUT2D eigenvalue weighted by Gasteiger charge is 2.03. The standard InChI is InChI=1S/C2H4FO3S/c3-1-2-7(4,5)6/h1-2H2. The lowest BCUT2D eigenvalue weighted by Crippen LogP contribution is -2.02. The van der Waals surface area contributed by atoms with Crippen molar-refractivity contribution in [2.24, 2.45) is 0 Å². The Morgan fingerprint density at radius 1 is 1.43 bits per heavy atom. The van der Waals surface area contributed by atoms with Crippen molar-refractivity contribution in [3.05, 3.63) is 0 Å². The van der Waals surface area contributed by atoms with E-state index in [1.807, 2.05) is 0 Å². The topological polar surface area (TPSA) is 54.0 Å². The monoisotopic (exact) mass is 127 g/mol. The molecule has 5 heteroatoms. The van der Waals surface area contributed by atoms with Gasteiger partial charge in [0.25, 0.3) is 10.1 Å². The van der Waals surface area contributed by atoms with Crippen molar-refractivity contribution in [1.82, 2.24) is 0 Å². The Bertz CT molecular complexity index is 126. The molecule has 0 amide bonds. The van der Waals surface area contributed by atoms with Crippen molar-refractivity contribution in [3.63, 3.8) is 0 Å². The number of halogens is 1. The Hall–Kier alpha value is -0.160. The summed E-state index contributed by atoms with van der Waals surface area (Å²) in [4.78, 5) is 0. The van der Waals surface area contributed by atoms with Crippen molar-refractivity contribution >= 4 is 10.1 Å². The maximum atomic E-state index is 10.9. The quantitative estimate of drug-likeness (QED) is 0.512. The molecule has 0 unspecified atom stereocenters. The molecule has 3 nitrogen and oxygen atoms in total. The van der Waals surface area contributed by atoms with Gasteiger partial charge in [0.1, 0.15) is 12.4 Å². The number of rotatable bonds is 2. The van der Waals surface area contributed by atoms with Crippen LogP contribution in [0.3, 0.4) is 0 Å². The third-order valence-corrected chi connectivity index (χ3v) is 0.981. The lowest BCUT2D eigenvalue weighted by atomic mass is 10.9. The largest absolute Gasteiger partial charge is 0.297 e. The molecule has 0 N–H and O–H groups in total. The molecule has 0 aliphatic heterocycles. The molecule has 0 saturated carbocycles. The lowest BCUT2D eigenvalue weighted by Gasteiger charge is -1.80. The normalized spacial score (nSPS) is 11.7. The first-order chi connectivity index (χ1) is 3.06. The second kappa shape index (κ2) is 2.23. The first-order valence-electron chi connectivity index (χ1n) is 1.56. The zero-order valence-electron chi connectivity index (χ0n) is 3.43. The molecule has 0 atom stereocenters. The van der Waals surface area contributed by atoms with E-state index in [4.69, 9.17) is 0 Å².